The van der Waals surface area contributed by atoms with Gasteiger partial charge >= 0.3 is 5.97 Å². The highest BCUT2D eigenvalue weighted by Gasteiger charge is 2.35. The molecule has 25 heavy (non-hydrogen) atoms. The standard InChI is InChI=1S/C19H18ClNO4/c1-24-19(23)16-10-13-6-2-3-7-14(13)11-21(16)18(22)12-25-17-9-5-4-8-15(17)20/h2-9,16H,10-12H2,1H3/t16-/m0/s1. The maximum absolute atomic E-state index is 12.7. The Kier molecular flexibility index (Phi) is 5.24. The van der Waals surface area contributed by atoms with E-state index in [4.69, 9.17) is 21.1 Å². The van der Waals surface area contributed by atoms with E-state index >= 15 is 0 Å². The van der Waals surface area contributed by atoms with E-state index < -0.39 is 12.0 Å². The highest BCUT2D eigenvalue weighted by molar-refractivity contribution is 6.32. The average Bonchev–Trinajstić information content (AvgIpc) is 2.65. The summed E-state index contributed by atoms with van der Waals surface area (Å²) in [6.45, 7) is 0.153. The van der Waals surface area contributed by atoms with Crippen LogP contribution in [0, 0.1) is 0 Å². The summed E-state index contributed by atoms with van der Waals surface area (Å²) in [7, 11) is 1.33. The molecule has 0 N–H and O–H groups in total. The Morgan fingerprint density at radius 3 is 2.52 bits per heavy atom. The Morgan fingerprint density at radius 2 is 1.80 bits per heavy atom. The molecule has 1 aliphatic rings. The van der Waals surface area contributed by atoms with Gasteiger partial charge in [0.25, 0.3) is 5.91 Å². The third-order valence-corrected chi connectivity index (χ3v) is 4.54. The predicted octanol–water partition coefficient (Wildman–Crippen LogP) is 2.85. The topological polar surface area (TPSA) is 55.8 Å². The van der Waals surface area contributed by atoms with Crippen LogP contribution in [0.25, 0.3) is 0 Å². The van der Waals surface area contributed by atoms with E-state index in [1.165, 1.54) is 12.0 Å². The van der Waals surface area contributed by atoms with Crippen molar-refractivity contribution in [1.29, 1.82) is 0 Å². The maximum Gasteiger partial charge on any atom is 0.328 e. The second-order valence-corrected chi connectivity index (χ2v) is 6.16. The zero-order valence-corrected chi connectivity index (χ0v) is 14.5. The lowest BCUT2D eigenvalue weighted by Crippen LogP contribution is -2.50. The van der Waals surface area contributed by atoms with Crippen LogP contribution in [0.4, 0.5) is 0 Å². The fraction of sp³-hybridized carbons (Fsp3) is 0.263. The van der Waals surface area contributed by atoms with Crippen LogP contribution in [0.5, 0.6) is 5.75 Å². The van der Waals surface area contributed by atoms with Gasteiger partial charge in [-0.05, 0) is 23.3 Å². The number of carbonyl (C=O) groups excluding carboxylic acids is 2. The Balaban J connectivity index is 1.77. The van der Waals surface area contributed by atoms with Gasteiger partial charge in [-0.2, -0.15) is 0 Å². The van der Waals surface area contributed by atoms with Gasteiger partial charge in [0.1, 0.15) is 11.8 Å². The predicted molar refractivity (Wildman–Crippen MR) is 93.4 cm³/mol. The lowest BCUT2D eigenvalue weighted by molar-refractivity contribution is -0.154. The molecule has 0 spiro atoms. The van der Waals surface area contributed by atoms with Crippen LogP contribution in [0.15, 0.2) is 48.5 Å². The second kappa shape index (κ2) is 7.57. The number of hydrogen-bond acceptors (Lipinski definition) is 4. The number of rotatable bonds is 4. The van der Waals surface area contributed by atoms with E-state index in [1.807, 2.05) is 24.3 Å². The van der Waals surface area contributed by atoms with Crippen LogP contribution in [-0.4, -0.2) is 36.5 Å². The van der Waals surface area contributed by atoms with E-state index in [1.54, 1.807) is 24.3 Å². The van der Waals surface area contributed by atoms with Gasteiger partial charge in [0.15, 0.2) is 6.61 Å². The number of benzene rings is 2. The third-order valence-electron chi connectivity index (χ3n) is 4.23. The number of esters is 1. The Morgan fingerprint density at radius 1 is 1.12 bits per heavy atom. The molecule has 0 saturated carbocycles. The molecular weight excluding hydrogens is 342 g/mol. The van der Waals surface area contributed by atoms with Crippen LogP contribution < -0.4 is 4.74 Å². The van der Waals surface area contributed by atoms with Gasteiger partial charge in [-0.1, -0.05) is 48.0 Å². The molecule has 1 aliphatic heterocycles. The fourth-order valence-corrected chi connectivity index (χ4v) is 3.11. The molecule has 2 aromatic carbocycles. The van der Waals surface area contributed by atoms with E-state index in [2.05, 4.69) is 0 Å². The first-order valence-electron chi connectivity index (χ1n) is 7.91. The van der Waals surface area contributed by atoms with Gasteiger partial charge in [0.05, 0.1) is 12.1 Å². The summed E-state index contributed by atoms with van der Waals surface area (Å²) in [4.78, 5) is 26.3. The van der Waals surface area contributed by atoms with Crippen molar-refractivity contribution in [3.05, 3.63) is 64.7 Å². The molecule has 0 fully saturated rings. The van der Waals surface area contributed by atoms with Crippen molar-refractivity contribution in [1.82, 2.24) is 4.90 Å². The first-order valence-corrected chi connectivity index (χ1v) is 8.29. The van der Waals surface area contributed by atoms with Gasteiger partial charge in [0.2, 0.25) is 0 Å². The number of ether oxygens (including phenoxy) is 2. The molecule has 0 unspecified atom stereocenters. The molecule has 0 aromatic heterocycles. The van der Waals surface area contributed by atoms with Gasteiger partial charge in [0, 0.05) is 13.0 Å². The molecule has 1 amide bonds. The number of hydrogen-bond donors (Lipinski definition) is 0. The lowest BCUT2D eigenvalue weighted by atomic mass is 9.94. The molecule has 0 radical (unpaired) electrons. The lowest BCUT2D eigenvalue weighted by Gasteiger charge is -2.35. The molecule has 0 saturated heterocycles. The van der Waals surface area contributed by atoms with E-state index in [9.17, 15) is 9.59 Å². The first-order chi connectivity index (χ1) is 12.1. The zero-order chi connectivity index (χ0) is 17.8. The van der Waals surface area contributed by atoms with Crippen molar-refractivity contribution < 1.29 is 19.1 Å². The Hall–Kier alpha value is -2.53. The van der Waals surface area contributed by atoms with Crippen LogP contribution in [0.1, 0.15) is 11.1 Å². The minimum Gasteiger partial charge on any atom is -0.482 e. The summed E-state index contributed by atoms with van der Waals surface area (Å²) in [5.74, 6) is -0.282. The van der Waals surface area contributed by atoms with Gasteiger partial charge in [-0.25, -0.2) is 4.79 Å². The normalized spacial score (nSPS) is 16.1. The summed E-state index contributed by atoms with van der Waals surface area (Å²) >= 11 is 6.04. The number of nitrogens with zero attached hydrogens (tertiary/aromatic N) is 1. The first kappa shape index (κ1) is 17.3. The number of halogens is 1. The summed E-state index contributed by atoms with van der Waals surface area (Å²) in [5.41, 5.74) is 2.07. The maximum atomic E-state index is 12.7. The molecule has 1 heterocycles. The average molecular weight is 360 g/mol. The van der Waals surface area contributed by atoms with E-state index in [0.29, 0.717) is 23.7 Å². The van der Waals surface area contributed by atoms with Crippen molar-refractivity contribution in [2.45, 2.75) is 19.0 Å². The summed E-state index contributed by atoms with van der Waals surface area (Å²) < 4.78 is 10.4. The van der Waals surface area contributed by atoms with Crippen LogP contribution >= 0.6 is 11.6 Å². The van der Waals surface area contributed by atoms with Gasteiger partial charge in [-0.3, -0.25) is 4.79 Å². The number of para-hydroxylation sites is 1. The molecule has 6 heteroatoms. The van der Waals surface area contributed by atoms with Crippen LogP contribution in [-0.2, 0) is 27.3 Å². The fourth-order valence-electron chi connectivity index (χ4n) is 2.92. The monoisotopic (exact) mass is 359 g/mol. The largest absolute Gasteiger partial charge is 0.482 e. The number of amides is 1. The molecule has 3 rings (SSSR count). The number of carbonyl (C=O) groups is 2. The molecule has 0 aliphatic carbocycles. The molecule has 2 aromatic rings. The van der Waals surface area contributed by atoms with Gasteiger partial charge < -0.3 is 14.4 Å². The van der Waals surface area contributed by atoms with E-state index in [-0.39, 0.29) is 12.5 Å². The Labute approximate surface area is 151 Å². The zero-order valence-electron chi connectivity index (χ0n) is 13.8. The van der Waals surface area contributed by atoms with Crippen molar-refractivity contribution in [3.63, 3.8) is 0 Å². The quantitative estimate of drug-likeness (QED) is 0.788. The van der Waals surface area contributed by atoms with Crippen molar-refractivity contribution >= 4 is 23.5 Å². The van der Waals surface area contributed by atoms with Crippen LogP contribution in [0.3, 0.4) is 0 Å². The van der Waals surface area contributed by atoms with Gasteiger partial charge in [-0.15, -0.1) is 0 Å². The minimum absolute atomic E-state index is 0.195. The van der Waals surface area contributed by atoms with Crippen LogP contribution in [0.2, 0.25) is 5.02 Å². The smallest absolute Gasteiger partial charge is 0.328 e. The third kappa shape index (κ3) is 3.77. The highest BCUT2D eigenvalue weighted by Crippen LogP contribution is 2.26. The second-order valence-electron chi connectivity index (χ2n) is 5.75. The molecular formula is C19H18ClNO4. The molecule has 5 nitrogen and oxygen atoms in total. The molecule has 0 bridgehead atoms. The molecule has 130 valence electrons. The number of fused-ring (bicyclic) bond motifs is 1. The SMILES string of the molecule is COC(=O)[C@@H]1Cc2ccccc2CN1C(=O)COc1ccccc1Cl. The van der Waals surface area contributed by atoms with Crippen molar-refractivity contribution in [3.8, 4) is 5.75 Å². The minimum atomic E-state index is -0.651. The van der Waals surface area contributed by atoms with Crippen molar-refractivity contribution in [2.24, 2.45) is 0 Å². The van der Waals surface area contributed by atoms with Crippen molar-refractivity contribution in [2.75, 3.05) is 13.7 Å². The number of methoxy groups -OCH3 is 1. The summed E-state index contributed by atoms with van der Waals surface area (Å²) in [5, 5.41) is 0.434. The highest BCUT2D eigenvalue weighted by atomic mass is 35.5. The summed E-state index contributed by atoms with van der Waals surface area (Å²) in [6.07, 6.45) is 0.431. The Bertz CT molecular complexity index is 792. The van der Waals surface area contributed by atoms with E-state index in [0.717, 1.165) is 11.1 Å². The molecule has 1 atom stereocenters. The summed E-state index contributed by atoms with van der Waals surface area (Å²) in [6, 6.07) is 14.1.